The van der Waals surface area contributed by atoms with E-state index >= 15 is 0 Å². The molecule has 1 saturated carbocycles. The van der Waals surface area contributed by atoms with E-state index in [0.29, 0.717) is 35.6 Å². The van der Waals surface area contributed by atoms with Crippen LogP contribution in [0.15, 0.2) is 36.8 Å². The molecule has 1 saturated heterocycles. The first kappa shape index (κ1) is 15.9. The number of amides is 1. The van der Waals surface area contributed by atoms with Crippen LogP contribution in [0.25, 0.3) is 16.8 Å². The zero-order valence-electron chi connectivity index (χ0n) is 14.3. The van der Waals surface area contributed by atoms with Crippen molar-refractivity contribution in [3.05, 3.63) is 42.7 Å². The summed E-state index contributed by atoms with van der Waals surface area (Å²) >= 11 is 0. The van der Waals surface area contributed by atoms with Gasteiger partial charge in [0.05, 0.1) is 24.2 Å². The number of hydrogen-bond donors (Lipinski definition) is 0. The molecule has 3 aromatic heterocycles. The molecule has 1 aliphatic heterocycles. The number of nitriles is 1. The van der Waals surface area contributed by atoms with Crippen LogP contribution in [-0.2, 0) is 4.79 Å². The summed E-state index contributed by atoms with van der Waals surface area (Å²) in [6.07, 6.45) is 7.09. The fourth-order valence-electron chi connectivity index (χ4n) is 3.86. The van der Waals surface area contributed by atoms with Gasteiger partial charge in [-0.3, -0.25) is 9.69 Å². The Bertz CT molecular complexity index is 1100. The van der Waals surface area contributed by atoms with E-state index in [4.69, 9.17) is 0 Å². The smallest absolute Gasteiger partial charge is 0.249 e. The van der Waals surface area contributed by atoms with E-state index in [-0.39, 0.29) is 11.8 Å². The molecule has 2 fully saturated rings. The molecule has 0 unspecified atom stereocenters. The zero-order chi connectivity index (χ0) is 18.6. The molecule has 3 aromatic rings. The Morgan fingerprint density at radius 1 is 1.30 bits per heavy atom. The van der Waals surface area contributed by atoms with Crippen molar-refractivity contribution in [3.63, 3.8) is 0 Å². The summed E-state index contributed by atoms with van der Waals surface area (Å²) in [5.74, 6) is -0.142. The molecule has 27 heavy (non-hydrogen) atoms. The number of rotatable bonds is 3. The molecular formula is C19H15FN6O. The second kappa shape index (κ2) is 5.58. The number of nitrogens with zero attached hydrogens (tertiary/aromatic N) is 6. The number of pyridine rings is 1. The lowest BCUT2D eigenvalue weighted by molar-refractivity contribution is -0.123. The molecule has 0 bridgehead atoms. The Morgan fingerprint density at radius 2 is 2.15 bits per heavy atom. The number of carbonyl (C=O) groups is 1. The van der Waals surface area contributed by atoms with E-state index in [1.54, 1.807) is 33.9 Å². The third-order valence-corrected chi connectivity index (χ3v) is 5.48. The van der Waals surface area contributed by atoms with Gasteiger partial charge in [0.2, 0.25) is 11.9 Å². The first-order valence-corrected chi connectivity index (χ1v) is 8.82. The fraction of sp³-hybridized carbons (Fsp3) is 0.316. The van der Waals surface area contributed by atoms with Gasteiger partial charge in [-0.1, -0.05) is 0 Å². The Kier molecular flexibility index (Phi) is 3.28. The minimum absolute atomic E-state index is 0.144. The second-order valence-corrected chi connectivity index (χ2v) is 7.04. The molecule has 134 valence electrons. The van der Waals surface area contributed by atoms with Gasteiger partial charge in [-0.15, -0.1) is 0 Å². The third-order valence-electron chi connectivity index (χ3n) is 5.48. The maximum Gasteiger partial charge on any atom is 0.249 e. The van der Waals surface area contributed by atoms with Crippen molar-refractivity contribution in [2.45, 2.75) is 19.3 Å². The minimum Gasteiger partial charge on any atom is -0.294 e. The SMILES string of the molecule is N#C[C@@]1(C2CC2)CCN(c2nc(-c3ccc(F)nc3)cn3nccc23)C1=O. The quantitative estimate of drug-likeness (QED) is 0.668. The Labute approximate surface area is 154 Å². The van der Waals surface area contributed by atoms with Crippen molar-refractivity contribution in [3.8, 4) is 17.3 Å². The molecule has 1 atom stereocenters. The molecule has 0 radical (unpaired) electrons. The number of anilines is 1. The van der Waals surface area contributed by atoms with Gasteiger partial charge in [0.25, 0.3) is 0 Å². The predicted molar refractivity (Wildman–Crippen MR) is 93.9 cm³/mol. The Morgan fingerprint density at radius 3 is 2.85 bits per heavy atom. The van der Waals surface area contributed by atoms with E-state index < -0.39 is 11.4 Å². The van der Waals surface area contributed by atoms with E-state index in [1.807, 2.05) is 0 Å². The third kappa shape index (κ3) is 2.31. The van der Waals surface area contributed by atoms with Crippen LogP contribution in [0.2, 0.25) is 0 Å². The molecule has 8 heteroatoms. The van der Waals surface area contributed by atoms with Gasteiger partial charge in [-0.2, -0.15) is 14.8 Å². The average molecular weight is 362 g/mol. The summed E-state index contributed by atoms with van der Waals surface area (Å²) in [7, 11) is 0. The topological polar surface area (TPSA) is 87.2 Å². The van der Waals surface area contributed by atoms with Gasteiger partial charge >= 0.3 is 0 Å². The van der Waals surface area contributed by atoms with Crippen molar-refractivity contribution in [2.24, 2.45) is 11.3 Å². The van der Waals surface area contributed by atoms with Crippen molar-refractivity contribution in [1.82, 2.24) is 19.6 Å². The highest BCUT2D eigenvalue weighted by Crippen LogP contribution is 2.52. The molecule has 0 N–H and O–H groups in total. The van der Waals surface area contributed by atoms with Gasteiger partial charge in [-0.25, -0.2) is 14.5 Å². The van der Waals surface area contributed by atoms with Crippen molar-refractivity contribution in [2.75, 3.05) is 11.4 Å². The lowest BCUT2D eigenvalue weighted by Crippen LogP contribution is -2.36. The van der Waals surface area contributed by atoms with Gasteiger partial charge in [0, 0.05) is 18.3 Å². The van der Waals surface area contributed by atoms with Gasteiger partial charge < -0.3 is 0 Å². The highest BCUT2D eigenvalue weighted by molar-refractivity contribution is 6.04. The maximum atomic E-state index is 13.2. The van der Waals surface area contributed by atoms with Crippen LogP contribution in [0.1, 0.15) is 19.3 Å². The zero-order valence-corrected chi connectivity index (χ0v) is 14.3. The molecule has 1 amide bonds. The average Bonchev–Trinajstić information content (AvgIpc) is 3.33. The standard InChI is InChI=1S/C19H15FN6O/c20-16-4-1-12(9-22-16)14-10-26-15(5-7-23-26)17(24-14)25-8-6-19(11-21,18(25)27)13-2-3-13/h1,4-5,7,9-10,13H,2-3,6,8H2/t19-/m1/s1. The summed E-state index contributed by atoms with van der Waals surface area (Å²) in [6.45, 7) is 0.446. The van der Waals surface area contributed by atoms with Crippen LogP contribution >= 0.6 is 0 Å². The molecule has 2 aliphatic rings. The fourth-order valence-corrected chi connectivity index (χ4v) is 3.86. The van der Waals surface area contributed by atoms with Crippen LogP contribution in [0, 0.1) is 28.6 Å². The van der Waals surface area contributed by atoms with Crippen molar-refractivity contribution < 1.29 is 9.18 Å². The number of carbonyl (C=O) groups excluding carboxylic acids is 1. The van der Waals surface area contributed by atoms with Gasteiger partial charge in [-0.05, 0) is 43.4 Å². The first-order chi connectivity index (χ1) is 13.1. The largest absolute Gasteiger partial charge is 0.294 e. The molecule has 7 nitrogen and oxygen atoms in total. The van der Waals surface area contributed by atoms with Crippen LogP contribution in [-0.4, -0.2) is 32.0 Å². The van der Waals surface area contributed by atoms with Crippen LogP contribution < -0.4 is 4.90 Å². The molecule has 5 rings (SSSR count). The van der Waals surface area contributed by atoms with E-state index in [9.17, 15) is 14.4 Å². The van der Waals surface area contributed by atoms with Gasteiger partial charge in [0.1, 0.15) is 10.9 Å². The monoisotopic (exact) mass is 362 g/mol. The van der Waals surface area contributed by atoms with E-state index in [2.05, 4.69) is 21.1 Å². The summed E-state index contributed by atoms with van der Waals surface area (Å²) in [6, 6.07) is 6.92. The Hall–Kier alpha value is -3.34. The molecule has 1 aliphatic carbocycles. The van der Waals surface area contributed by atoms with Crippen LogP contribution in [0.4, 0.5) is 10.2 Å². The van der Waals surface area contributed by atoms with Gasteiger partial charge in [0.15, 0.2) is 5.82 Å². The molecular weight excluding hydrogens is 347 g/mol. The Balaban J connectivity index is 1.63. The lowest BCUT2D eigenvalue weighted by atomic mass is 9.83. The normalized spacial score (nSPS) is 22.4. The molecule has 0 spiro atoms. The van der Waals surface area contributed by atoms with E-state index in [0.717, 1.165) is 12.8 Å². The number of halogens is 1. The molecule has 4 heterocycles. The van der Waals surface area contributed by atoms with Crippen molar-refractivity contribution >= 4 is 17.2 Å². The number of aromatic nitrogens is 4. The maximum absolute atomic E-state index is 13.2. The summed E-state index contributed by atoms with van der Waals surface area (Å²) in [5.41, 5.74) is 0.899. The van der Waals surface area contributed by atoms with E-state index in [1.165, 1.54) is 12.3 Å². The van der Waals surface area contributed by atoms with Crippen LogP contribution in [0.5, 0.6) is 0 Å². The van der Waals surface area contributed by atoms with Crippen LogP contribution in [0.3, 0.4) is 0 Å². The summed E-state index contributed by atoms with van der Waals surface area (Å²) in [5, 5.41) is 14.0. The highest BCUT2D eigenvalue weighted by Gasteiger charge is 2.57. The highest BCUT2D eigenvalue weighted by atomic mass is 19.1. The second-order valence-electron chi connectivity index (χ2n) is 7.04. The minimum atomic E-state index is -0.938. The molecule has 0 aromatic carbocycles. The first-order valence-electron chi connectivity index (χ1n) is 8.82. The number of hydrogen-bond acceptors (Lipinski definition) is 5. The van der Waals surface area contributed by atoms with Crippen molar-refractivity contribution in [1.29, 1.82) is 5.26 Å². The summed E-state index contributed by atoms with van der Waals surface area (Å²) < 4.78 is 14.8. The lowest BCUT2D eigenvalue weighted by Gasteiger charge is -2.21. The summed E-state index contributed by atoms with van der Waals surface area (Å²) in [4.78, 5) is 23.1. The number of fused-ring (bicyclic) bond motifs is 1. The predicted octanol–water partition coefficient (Wildman–Crippen LogP) is 2.59.